The molecule has 0 bridgehead atoms. The normalized spacial score (nSPS) is 14.2. The van der Waals surface area contributed by atoms with Gasteiger partial charge in [-0.3, -0.25) is 14.4 Å². The van der Waals surface area contributed by atoms with Crippen LogP contribution in [0.15, 0.2) is 0 Å². The molecule has 0 radical (unpaired) electrons. The summed E-state index contributed by atoms with van der Waals surface area (Å²) in [5, 5.41) is 18.1. The number of ether oxygens (including phenoxy) is 9. The van der Waals surface area contributed by atoms with E-state index in [9.17, 15) is 67.8 Å². The van der Waals surface area contributed by atoms with E-state index in [1.807, 2.05) is 0 Å². The minimum Gasteiger partial charge on any atom is -0.481 e. The third-order valence-electron chi connectivity index (χ3n) is 9.64. The highest BCUT2D eigenvalue weighted by Gasteiger charge is 2.86. The summed E-state index contributed by atoms with van der Waals surface area (Å²) in [4.78, 5) is 37.0. The molecule has 0 aromatic heterocycles. The van der Waals surface area contributed by atoms with Crippen molar-refractivity contribution in [2.75, 3.05) is 112 Å². The van der Waals surface area contributed by atoms with Crippen LogP contribution in [0.4, 0.5) is 48.3 Å². The van der Waals surface area contributed by atoms with Gasteiger partial charge in [-0.05, 0) is 64.2 Å². The molecule has 0 fully saturated rings. The fraction of sp³-hybridized carbons (Fsp3) is 0.929. The lowest BCUT2D eigenvalue weighted by Gasteiger charge is -2.37. The monoisotopic (exact) mass is 1010 g/mol. The van der Waals surface area contributed by atoms with Gasteiger partial charge in [-0.15, -0.1) is 0 Å². The number of carbonyl (C=O) groups excluding carboxylic acids is 2. The van der Waals surface area contributed by atoms with E-state index < -0.39 is 85.0 Å². The molecular weight excluding hydrogens is 937 g/mol. The van der Waals surface area contributed by atoms with Gasteiger partial charge in [-0.25, -0.2) is 0 Å². The Morgan fingerprint density at radius 3 is 1.12 bits per heavy atom. The zero-order valence-corrected chi connectivity index (χ0v) is 38.2. The molecule has 0 spiro atoms. The van der Waals surface area contributed by atoms with Gasteiger partial charge >= 0.3 is 47.8 Å². The van der Waals surface area contributed by atoms with Gasteiger partial charge in [0, 0.05) is 106 Å². The molecule has 0 aromatic rings. The summed E-state index contributed by atoms with van der Waals surface area (Å²) >= 11 is 0. The number of carboxylic acids is 1. The highest BCUT2D eigenvalue weighted by Crippen LogP contribution is 2.58. The first-order valence-corrected chi connectivity index (χ1v) is 22.3. The van der Waals surface area contributed by atoms with Crippen LogP contribution in [0.1, 0.15) is 90.9 Å². The van der Waals surface area contributed by atoms with Gasteiger partial charge in [0.1, 0.15) is 0 Å². The molecule has 0 aliphatic carbocycles. The highest BCUT2D eigenvalue weighted by atomic mass is 19.4. The molecule has 0 aliphatic rings. The van der Waals surface area contributed by atoms with Gasteiger partial charge in [-0.1, -0.05) is 13.8 Å². The zero-order chi connectivity index (χ0) is 50.8. The van der Waals surface area contributed by atoms with Gasteiger partial charge < -0.3 is 52.8 Å². The number of carbonyl (C=O) groups is 3. The molecule has 3 unspecified atom stereocenters. The fourth-order valence-corrected chi connectivity index (χ4v) is 5.69. The number of halogens is 11. The molecule has 14 nitrogen and oxygen atoms in total. The Labute approximate surface area is 384 Å². The number of aliphatic hydroxyl groups excluding tert-OH is 1. The van der Waals surface area contributed by atoms with E-state index in [4.69, 9.17) is 43.0 Å². The summed E-state index contributed by atoms with van der Waals surface area (Å²) in [6.45, 7) is 7.96. The van der Waals surface area contributed by atoms with Crippen molar-refractivity contribution in [2.45, 2.75) is 121 Å². The number of hydrogen-bond acceptors (Lipinski definition) is 13. The average Bonchev–Trinajstić information content (AvgIpc) is 3.25. The van der Waals surface area contributed by atoms with Crippen LogP contribution in [-0.4, -0.2) is 170 Å². The minimum absolute atomic E-state index is 0.0321. The van der Waals surface area contributed by atoms with Crippen molar-refractivity contribution in [3.05, 3.63) is 0 Å². The summed E-state index contributed by atoms with van der Waals surface area (Å²) < 4.78 is 194. The first-order valence-electron chi connectivity index (χ1n) is 22.3. The van der Waals surface area contributed by atoms with Gasteiger partial charge in [0.15, 0.2) is 0 Å². The topological polar surface area (TPSA) is 175 Å². The van der Waals surface area contributed by atoms with Crippen molar-refractivity contribution in [1.29, 1.82) is 0 Å². The van der Waals surface area contributed by atoms with Gasteiger partial charge in [0.25, 0.3) is 0 Å². The summed E-state index contributed by atoms with van der Waals surface area (Å²) in [5.74, 6) is -36.2. The lowest BCUT2D eigenvalue weighted by Crippen LogP contribution is -2.66. The second-order valence-electron chi connectivity index (χ2n) is 15.4. The van der Waals surface area contributed by atoms with Crippen LogP contribution in [0.2, 0.25) is 0 Å². The Morgan fingerprint density at radius 1 is 0.448 bits per heavy atom. The predicted molar refractivity (Wildman–Crippen MR) is 215 cm³/mol. The first-order chi connectivity index (χ1) is 31.5. The molecule has 2 N–H and O–H groups in total. The van der Waals surface area contributed by atoms with E-state index in [0.29, 0.717) is 105 Å². The SMILES string of the molecule is CCC(CC(CC(C)C(=O)OCCC(F)(F)C(F)(F)C(F)(F)C(F)(F)C(F)(F)F)C(=O)OCCCOCCCOCCCOCCCOCCCOCCCOCCCOCCCO)C(=O)O. The second kappa shape index (κ2) is 35.4. The zero-order valence-electron chi connectivity index (χ0n) is 38.2. The standard InChI is InChI=1S/C42H69F11O14/c1-3-33(35(55)56)31-34(30-32(2)36(57)67-29-12-38(43,44)39(45,46)40(47,48)41(49,50)42(51,52)53)37(58)66-28-11-27-65-26-10-25-64-24-9-23-63-22-8-21-62-20-7-19-61-18-6-17-60-16-5-15-59-14-4-13-54/h32-34,54H,3-31H2,1-2H3,(H,55,56). The maximum absolute atomic E-state index is 14.0. The third-order valence-corrected chi connectivity index (χ3v) is 9.64. The Kier molecular flexibility index (Phi) is 34.0. The predicted octanol–water partition coefficient (Wildman–Crippen LogP) is 7.94. The highest BCUT2D eigenvalue weighted by molar-refractivity contribution is 5.77. The second-order valence-corrected chi connectivity index (χ2v) is 15.4. The quantitative estimate of drug-likeness (QED) is 0.0342. The van der Waals surface area contributed by atoms with Crippen LogP contribution >= 0.6 is 0 Å². The minimum atomic E-state index is -7.60. The Hall–Kier alpha value is -2.68. The van der Waals surface area contributed by atoms with Crippen molar-refractivity contribution < 1.29 is 116 Å². The molecule has 0 saturated heterocycles. The summed E-state index contributed by atoms with van der Waals surface area (Å²) in [5.41, 5.74) is 0. The van der Waals surface area contributed by atoms with Crippen LogP contribution < -0.4 is 0 Å². The number of hydrogen-bond donors (Lipinski definition) is 2. The number of aliphatic carboxylic acids is 1. The number of alkyl halides is 11. The largest absolute Gasteiger partial charge is 0.481 e. The Balaban J connectivity index is 4.23. The van der Waals surface area contributed by atoms with Gasteiger partial charge in [-0.2, -0.15) is 48.3 Å². The van der Waals surface area contributed by atoms with Gasteiger partial charge in [0.05, 0.1) is 37.4 Å². The third kappa shape index (κ3) is 26.2. The number of carboxylic acid groups (broad SMARTS) is 1. The van der Waals surface area contributed by atoms with Crippen LogP contribution in [0, 0.1) is 17.8 Å². The van der Waals surface area contributed by atoms with E-state index in [1.165, 1.54) is 6.92 Å². The van der Waals surface area contributed by atoms with Crippen LogP contribution in [0.5, 0.6) is 0 Å². The van der Waals surface area contributed by atoms with Crippen molar-refractivity contribution in [1.82, 2.24) is 0 Å². The Bertz CT molecular complexity index is 1300. The molecule has 0 aromatic carbocycles. The van der Waals surface area contributed by atoms with Crippen molar-refractivity contribution in [3.8, 4) is 0 Å². The van der Waals surface area contributed by atoms with Crippen molar-refractivity contribution in [2.24, 2.45) is 17.8 Å². The molecule has 25 heteroatoms. The molecule has 3 atom stereocenters. The number of rotatable bonds is 45. The summed E-state index contributed by atoms with van der Waals surface area (Å²) in [7, 11) is 0. The molecular formula is C42H69F11O14. The first kappa shape index (κ1) is 64.3. The molecule has 0 amide bonds. The van der Waals surface area contributed by atoms with Crippen molar-refractivity contribution >= 4 is 17.9 Å². The van der Waals surface area contributed by atoms with E-state index in [-0.39, 0.29) is 39.1 Å². The van der Waals surface area contributed by atoms with E-state index in [1.54, 1.807) is 0 Å². The molecule has 0 heterocycles. The molecule has 0 rings (SSSR count). The summed E-state index contributed by atoms with van der Waals surface area (Å²) in [6, 6.07) is 0. The van der Waals surface area contributed by atoms with E-state index in [2.05, 4.69) is 4.74 Å². The maximum atomic E-state index is 14.0. The molecule has 0 aliphatic heterocycles. The number of esters is 2. The van der Waals surface area contributed by atoms with E-state index >= 15 is 0 Å². The molecule has 398 valence electrons. The summed E-state index contributed by atoms with van der Waals surface area (Å²) in [6.07, 6.45) is -5.49. The van der Waals surface area contributed by atoms with Gasteiger partial charge in [0.2, 0.25) is 0 Å². The van der Waals surface area contributed by atoms with Crippen LogP contribution in [0.25, 0.3) is 0 Å². The fourth-order valence-electron chi connectivity index (χ4n) is 5.69. The van der Waals surface area contributed by atoms with E-state index in [0.717, 1.165) is 32.6 Å². The lowest BCUT2D eigenvalue weighted by molar-refractivity contribution is -0.422. The molecule has 0 saturated carbocycles. The molecule has 67 heavy (non-hydrogen) atoms. The number of aliphatic hydroxyl groups is 1. The Morgan fingerprint density at radius 2 is 0.791 bits per heavy atom. The van der Waals surface area contributed by atoms with Crippen LogP contribution in [0.3, 0.4) is 0 Å². The smallest absolute Gasteiger partial charge is 0.460 e. The van der Waals surface area contributed by atoms with Crippen molar-refractivity contribution in [3.63, 3.8) is 0 Å². The maximum Gasteiger partial charge on any atom is 0.460 e. The van der Waals surface area contributed by atoms with Crippen LogP contribution in [-0.2, 0) is 57.0 Å². The average molecular weight is 1010 g/mol. The lowest BCUT2D eigenvalue weighted by atomic mass is 9.86.